The van der Waals surface area contributed by atoms with Gasteiger partial charge in [0.15, 0.2) is 5.82 Å². The minimum absolute atomic E-state index is 0.00907. The van der Waals surface area contributed by atoms with Gasteiger partial charge in [0.25, 0.3) is 0 Å². The zero-order valence-corrected chi connectivity index (χ0v) is 30.4. The van der Waals surface area contributed by atoms with Crippen molar-refractivity contribution < 1.29 is 27.4 Å². The molecule has 4 saturated heterocycles. The molecule has 6 heterocycles. The van der Waals surface area contributed by atoms with Gasteiger partial charge in [0.05, 0.1) is 47.1 Å². The smallest absolute Gasteiger partial charge is 0.319 e. The van der Waals surface area contributed by atoms with E-state index in [2.05, 4.69) is 9.88 Å². The summed E-state index contributed by atoms with van der Waals surface area (Å²) in [6.45, 7) is 3.86. The highest BCUT2D eigenvalue weighted by molar-refractivity contribution is 7.23. The average molecular weight is 755 g/mol. The Morgan fingerprint density at radius 2 is 2.06 bits per heavy atom. The van der Waals surface area contributed by atoms with Crippen LogP contribution in [-0.4, -0.2) is 121 Å². The molecule has 0 bridgehead atoms. The number of aromatic nitrogens is 2. The van der Waals surface area contributed by atoms with Crippen molar-refractivity contribution in [2.45, 2.75) is 43.0 Å². The number of hydrogen-bond acceptors (Lipinski definition) is 11. The predicted molar refractivity (Wildman–Crippen MR) is 194 cm³/mol. The van der Waals surface area contributed by atoms with Gasteiger partial charge in [-0.15, -0.1) is 11.3 Å². The predicted octanol–water partition coefficient (Wildman–Crippen LogP) is 5.22. The van der Waals surface area contributed by atoms with E-state index in [9.17, 15) is 18.8 Å². The normalized spacial score (nSPS) is 22.8. The van der Waals surface area contributed by atoms with Crippen molar-refractivity contribution >= 4 is 60.7 Å². The summed E-state index contributed by atoms with van der Waals surface area (Å²) in [4.78, 5) is 30.1. The van der Waals surface area contributed by atoms with Crippen LogP contribution in [0, 0.1) is 23.0 Å². The first-order chi connectivity index (χ1) is 24.9. The van der Waals surface area contributed by atoms with Gasteiger partial charge in [-0.2, -0.15) is 15.2 Å². The molecule has 2 atom stereocenters. The standard InChI is InChI=1S/C36H38ClF3N8O3S/c1-45(2)9-6-26(49)47-17-36(18-47)16-46(10-11-51-36)33-22-12-24(37)28(21-4-5-25(39)31-27(21)23(14-41)32(42)52-31)29(40)30(22)43-34(44-33)50-19-35-7-3-8-48(35)15-20(38)13-35/h4-5,12,20H,3,6-11,13,15-19,42H2,1-2H3/t20-,35+/m1/s1. The number of hydrogen-bond donors (Lipinski definition) is 1. The number of morpholine rings is 1. The molecule has 1 spiro atoms. The average Bonchev–Trinajstić information content (AvgIpc) is 3.75. The van der Waals surface area contributed by atoms with E-state index in [0.29, 0.717) is 69.9 Å². The number of rotatable bonds is 8. The van der Waals surface area contributed by atoms with Crippen LogP contribution in [0.2, 0.25) is 5.02 Å². The summed E-state index contributed by atoms with van der Waals surface area (Å²) in [5.74, 6) is -0.960. The van der Waals surface area contributed by atoms with Crippen LogP contribution in [0.1, 0.15) is 31.2 Å². The number of fused-ring (bicyclic) bond motifs is 3. The summed E-state index contributed by atoms with van der Waals surface area (Å²) >= 11 is 7.80. The van der Waals surface area contributed by atoms with E-state index in [1.54, 1.807) is 11.0 Å². The van der Waals surface area contributed by atoms with Crippen molar-refractivity contribution in [1.82, 2.24) is 24.7 Å². The number of nitrogens with two attached hydrogens (primary N) is 1. The molecule has 0 radical (unpaired) electrons. The first-order valence-corrected chi connectivity index (χ1v) is 18.5. The van der Waals surface area contributed by atoms with Crippen LogP contribution in [0.5, 0.6) is 6.01 Å². The van der Waals surface area contributed by atoms with E-state index < -0.39 is 28.9 Å². The molecule has 4 aromatic rings. The third-order valence-corrected chi connectivity index (χ3v) is 12.2. The zero-order chi connectivity index (χ0) is 36.5. The van der Waals surface area contributed by atoms with Crippen molar-refractivity contribution in [2.24, 2.45) is 0 Å². The molecule has 2 aromatic carbocycles. The minimum atomic E-state index is -0.961. The Morgan fingerprint density at radius 1 is 1.25 bits per heavy atom. The number of carbonyl (C=O) groups excluding carboxylic acids is 1. The van der Waals surface area contributed by atoms with Gasteiger partial charge in [-0.05, 0) is 51.2 Å². The molecule has 0 unspecified atom stereocenters. The number of nitrogens with zero attached hydrogens (tertiary/aromatic N) is 7. The lowest BCUT2D eigenvalue weighted by Crippen LogP contribution is -2.71. The fraction of sp³-hybridized carbons (Fsp3) is 0.500. The van der Waals surface area contributed by atoms with Gasteiger partial charge >= 0.3 is 6.01 Å². The van der Waals surface area contributed by atoms with Gasteiger partial charge in [0.1, 0.15) is 46.6 Å². The number of amides is 1. The second-order valence-electron chi connectivity index (χ2n) is 14.6. The van der Waals surface area contributed by atoms with Gasteiger partial charge in [-0.3, -0.25) is 9.69 Å². The molecule has 4 aliphatic heterocycles. The van der Waals surface area contributed by atoms with E-state index in [4.69, 9.17) is 31.8 Å². The third kappa shape index (κ3) is 5.89. The number of nitriles is 1. The topological polar surface area (TPSA) is 124 Å². The number of halogens is 4. The Morgan fingerprint density at radius 3 is 2.83 bits per heavy atom. The molecule has 2 N–H and O–H groups in total. The second-order valence-corrected chi connectivity index (χ2v) is 16.1. The minimum Gasteiger partial charge on any atom is -0.461 e. The number of ether oxygens (including phenoxy) is 2. The van der Waals surface area contributed by atoms with Crippen LogP contribution in [-0.2, 0) is 9.53 Å². The highest BCUT2D eigenvalue weighted by Gasteiger charge is 2.51. The number of anilines is 2. The Kier molecular flexibility index (Phi) is 8.89. The molecule has 16 heteroatoms. The third-order valence-electron chi connectivity index (χ3n) is 10.9. The lowest BCUT2D eigenvalue weighted by atomic mass is 9.91. The van der Waals surface area contributed by atoms with Crippen LogP contribution in [0.25, 0.3) is 32.1 Å². The Bertz CT molecular complexity index is 2140. The van der Waals surface area contributed by atoms with Crippen LogP contribution in [0.15, 0.2) is 18.2 Å². The summed E-state index contributed by atoms with van der Waals surface area (Å²) in [5.41, 5.74) is 5.05. The zero-order valence-electron chi connectivity index (χ0n) is 28.9. The summed E-state index contributed by atoms with van der Waals surface area (Å²) in [7, 11) is 3.84. The molecule has 4 fully saturated rings. The quantitative estimate of drug-likeness (QED) is 0.256. The van der Waals surface area contributed by atoms with Crippen molar-refractivity contribution in [2.75, 3.05) is 83.8 Å². The molecule has 2 aromatic heterocycles. The van der Waals surface area contributed by atoms with Gasteiger partial charge in [-0.25, -0.2) is 13.2 Å². The van der Waals surface area contributed by atoms with Crippen molar-refractivity contribution in [3.63, 3.8) is 0 Å². The fourth-order valence-electron chi connectivity index (χ4n) is 8.39. The van der Waals surface area contributed by atoms with Crippen molar-refractivity contribution in [3.8, 4) is 23.2 Å². The Labute approximate surface area is 307 Å². The van der Waals surface area contributed by atoms with Crippen LogP contribution in [0.4, 0.5) is 24.0 Å². The lowest BCUT2D eigenvalue weighted by Gasteiger charge is -2.54. The molecule has 274 valence electrons. The Balaban J connectivity index is 1.20. The number of benzene rings is 2. The maximum atomic E-state index is 17.1. The number of thiophene rings is 1. The molecule has 0 saturated carbocycles. The SMILES string of the molecule is CN(C)CCC(=O)N1CC2(C1)CN(c1nc(OC[C@@]34CCCN3C[C@H](F)C4)nc3c(F)c(-c4ccc(F)c5sc(N)c(C#N)c45)c(Cl)cc13)CCO2. The molecule has 1 amide bonds. The van der Waals surface area contributed by atoms with Gasteiger partial charge in [0.2, 0.25) is 5.91 Å². The van der Waals surface area contributed by atoms with Gasteiger partial charge in [-0.1, -0.05) is 17.7 Å². The van der Waals surface area contributed by atoms with Crippen molar-refractivity contribution in [3.05, 3.63) is 40.4 Å². The Hall–Kier alpha value is -3.94. The summed E-state index contributed by atoms with van der Waals surface area (Å²) < 4.78 is 59.3. The monoisotopic (exact) mass is 754 g/mol. The van der Waals surface area contributed by atoms with Crippen molar-refractivity contribution in [1.29, 1.82) is 5.26 Å². The molecule has 0 aliphatic carbocycles. The van der Waals surface area contributed by atoms with E-state index in [-0.39, 0.29) is 60.8 Å². The van der Waals surface area contributed by atoms with Gasteiger partial charge < -0.3 is 29.9 Å². The largest absolute Gasteiger partial charge is 0.461 e. The first-order valence-electron chi connectivity index (χ1n) is 17.3. The maximum absolute atomic E-state index is 17.1. The summed E-state index contributed by atoms with van der Waals surface area (Å²) in [5, 5.41) is 10.5. The highest BCUT2D eigenvalue weighted by atomic mass is 35.5. The summed E-state index contributed by atoms with van der Waals surface area (Å²) in [6.07, 6.45) is 1.47. The second kappa shape index (κ2) is 13.2. The number of alkyl halides is 1. The molecule has 11 nitrogen and oxygen atoms in total. The van der Waals surface area contributed by atoms with E-state index in [1.165, 1.54) is 12.1 Å². The lowest BCUT2D eigenvalue weighted by molar-refractivity contribution is -0.171. The highest BCUT2D eigenvalue weighted by Crippen LogP contribution is 2.46. The summed E-state index contributed by atoms with van der Waals surface area (Å²) in [6, 6.07) is 6.11. The van der Waals surface area contributed by atoms with E-state index >= 15 is 4.39 Å². The van der Waals surface area contributed by atoms with Gasteiger partial charge in [0, 0.05) is 48.8 Å². The molecule has 4 aliphatic rings. The van der Waals surface area contributed by atoms with Crippen LogP contribution in [0.3, 0.4) is 0 Å². The van der Waals surface area contributed by atoms with Crippen LogP contribution >= 0.6 is 22.9 Å². The van der Waals surface area contributed by atoms with E-state index in [0.717, 1.165) is 30.7 Å². The number of likely N-dealkylation sites (tertiary alicyclic amines) is 1. The molecular formula is C36H38ClF3N8O3S. The fourth-order valence-corrected chi connectivity index (χ4v) is 9.63. The number of nitrogen functional groups attached to an aromatic ring is 1. The maximum Gasteiger partial charge on any atom is 0.319 e. The first kappa shape index (κ1) is 35.1. The molecule has 52 heavy (non-hydrogen) atoms. The van der Waals surface area contributed by atoms with Crippen LogP contribution < -0.4 is 15.4 Å². The number of carbonyl (C=O) groups is 1. The van der Waals surface area contributed by atoms with E-state index in [1.807, 2.05) is 30.0 Å². The molecular weight excluding hydrogens is 717 g/mol. The molecule has 8 rings (SSSR count).